The minimum Gasteiger partial charge on any atom is -0.368 e. The Kier molecular flexibility index (Phi) is 6.83. The van der Waals surface area contributed by atoms with E-state index in [1.165, 1.54) is 12.1 Å². The molecule has 0 aliphatic carbocycles. The van der Waals surface area contributed by atoms with E-state index >= 15 is 0 Å². The van der Waals surface area contributed by atoms with E-state index < -0.39 is 0 Å². The lowest BCUT2D eigenvalue weighted by Gasteiger charge is -2.37. The maximum atomic E-state index is 13.0. The number of aliphatic imine (C=N–C) groups is 1. The second-order valence-electron chi connectivity index (χ2n) is 5.43. The summed E-state index contributed by atoms with van der Waals surface area (Å²) in [5, 5.41) is 10.2. The number of hydrogen-bond donors (Lipinski definition) is 2. The van der Waals surface area contributed by atoms with Crippen molar-refractivity contribution in [3.63, 3.8) is 0 Å². The highest BCUT2D eigenvalue weighted by molar-refractivity contribution is 14.0. The first-order valence-corrected chi connectivity index (χ1v) is 7.70. The van der Waals surface area contributed by atoms with Crippen LogP contribution in [0.2, 0.25) is 0 Å². The summed E-state index contributed by atoms with van der Waals surface area (Å²) in [7, 11) is 1.79. The molecule has 0 atom stereocenters. The Morgan fingerprint density at radius 3 is 2.50 bits per heavy atom. The van der Waals surface area contributed by atoms with Gasteiger partial charge in [0.25, 0.3) is 0 Å². The smallest absolute Gasteiger partial charge is 0.194 e. The number of rotatable bonds is 3. The molecule has 1 saturated heterocycles. The third-order valence-corrected chi connectivity index (χ3v) is 3.98. The van der Waals surface area contributed by atoms with Crippen LogP contribution in [0, 0.1) is 5.82 Å². The monoisotopic (exact) mass is 444 g/mol. The van der Waals surface area contributed by atoms with Crippen LogP contribution in [0.25, 0.3) is 0 Å². The largest absolute Gasteiger partial charge is 0.368 e. The van der Waals surface area contributed by atoms with Crippen LogP contribution >= 0.6 is 24.0 Å². The Bertz CT molecular complexity index is 635. The van der Waals surface area contributed by atoms with Gasteiger partial charge in [0.1, 0.15) is 5.82 Å². The molecule has 1 aromatic heterocycles. The fraction of sp³-hybridized carbons (Fsp3) is 0.375. The molecule has 1 aliphatic heterocycles. The highest BCUT2D eigenvalue weighted by atomic mass is 127. The molecule has 6 nitrogen and oxygen atoms in total. The average Bonchev–Trinajstić information content (AvgIpc) is 3.10. The van der Waals surface area contributed by atoms with Crippen LogP contribution in [0.15, 0.2) is 41.5 Å². The number of piperazine rings is 1. The van der Waals surface area contributed by atoms with Crippen molar-refractivity contribution in [3.05, 3.63) is 48.0 Å². The van der Waals surface area contributed by atoms with Crippen molar-refractivity contribution in [3.8, 4) is 0 Å². The van der Waals surface area contributed by atoms with Gasteiger partial charge in [0.2, 0.25) is 0 Å². The summed E-state index contributed by atoms with van der Waals surface area (Å²) >= 11 is 0. The number of nitrogens with one attached hydrogen (secondary N) is 2. The van der Waals surface area contributed by atoms with E-state index in [1.54, 1.807) is 13.2 Å². The zero-order valence-corrected chi connectivity index (χ0v) is 15.9. The van der Waals surface area contributed by atoms with Crippen LogP contribution in [0.4, 0.5) is 10.1 Å². The van der Waals surface area contributed by atoms with Crippen LogP contribution in [-0.4, -0.2) is 54.3 Å². The molecular weight excluding hydrogens is 422 g/mol. The fourth-order valence-corrected chi connectivity index (χ4v) is 2.72. The van der Waals surface area contributed by atoms with Gasteiger partial charge in [-0.2, -0.15) is 5.10 Å². The second-order valence-corrected chi connectivity index (χ2v) is 5.43. The maximum absolute atomic E-state index is 13.0. The molecule has 2 N–H and O–H groups in total. The predicted octanol–water partition coefficient (Wildman–Crippen LogP) is 2.06. The number of aromatic nitrogens is 2. The summed E-state index contributed by atoms with van der Waals surface area (Å²) in [6.45, 7) is 4.19. The number of anilines is 1. The highest BCUT2D eigenvalue weighted by Crippen LogP contribution is 2.16. The molecule has 1 aliphatic rings. The molecule has 0 unspecified atom stereocenters. The molecule has 0 saturated carbocycles. The Balaban J connectivity index is 0.00000208. The number of benzene rings is 1. The Hall–Kier alpha value is -1.84. The van der Waals surface area contributed by atoms with Crippen LogP contribution < -0.4 is 10.2 Å². The molecular formula is C16H22FIN6. The van der Waals surface area contributed by atoms with Gasteiger partial charge in [-0.05, 0) is 30.3 Å². The molecule has 1 aromatic carbocycles. The van der Waals surface area contributed by atoms with Crippen molar-refractivity contribution in [1.82, 2.24) is 20.4 Å². The summed E-state index contributed by atoms with van der Waals surface area (Å²) in [4.78, 5) is 8.84. The summed E-state index contributed by atoms with van der Waals surface area (Å²) < 4.78 is 13.0. The average molecular weight is 444 g/mol. The van der Waals surface area contributed by atoms with Crippen LogP contribution in [0.3, 0.4) is 0 Å². The van der Waals surface area contributed by atoms with Gasteiger partial charge >= 0.3 is 0 Å². The van der Waals surface area contributed by atoms with Crippen LogP contribution in [0.5, 0.6) is 0 Å². The minimum absolute atomic E-state index is 0. The van der Waals surface area contributed by atoms with Crippen molar-refractivity contribution >= 4 is 35.6 Å². The second kappa shape index (κ2) is 8.86. The van der Waals surface area contributed by atoms with Crippen molar-refractivity contribution in [2.24, 2.45) is 4.99 Å². The molecule has 0 bridgehead atoms. The molecule has 130 valence electrons. The normalized spacial score (nSPS) is 15.2. The number of nitrogens with zero attached hydrogens (tertiary/aromatic N) is 4. The standard InChI is InChI=1S/C16H21FN6.HI/c1-18-16(19-12-14-6-7-20-21-14)23-10-8-22(9-11-23)15-4-2-13(17)3-5-15;/h2-7H,8-12H2,1H3,(H,18,19)(H,20,21);1H. The van der Waals surface area contributed by atoms with Crippen molar-refractivity contribution in [2.45, 2.75) is 6.54 Å². The number of H-pyrrole nitrogens is 1. The van der Waals surface area contributed by atoms with E-state index in [0.717, 1.165) is 43.5 Å². The maximum Gasteiger partial charge on any atom is 0.194 e. The molecule has 0 spiro atoms. The van der Waals surface area contributed by atoms with Gasteiger partial charge in [0.15, 0.2) is 5.96 Å². The molecule has 2 heterocycles. The predicted molar refractivity (Wildman–Crippen MR) is 104 cm³/mol. The zero-order valence-electron chi connectivity index (χ0n) is 13.6. The number of guanidine groups is 1. The van der Waals surface area contributed by atoms with Gasteiger partial charge in [-0.15, -0.1) is 24.0 Å². The molecule has 24 heavy (non-hydrogen) atoms. The lowest BCUT2D eigenvalue weighted by atomic mass is 10.2. The van der Waals surface area contributed by atoms with E-state index in [2.05, 4.69) is 30.3 Å². The van der Waals surface area contributed by atoms with Crippen molar-refractivity contribution in [2.75, 3.05) is 38.1 Å². The van der Waals surface area contributed by atoms with Crippen LogP contribution in [0.1, 0.15) is 5.69 Å². The Morgan fingerprint density at radius 1 is 1.21 bits per heavy atom. The van der Waals surface area contributed by atoms with E-state index in [-0.39, 0.29) is 29.8 Å². The summed E-state index contributed by atoms with van der Waals surface area (Å²) in [5.74, 6) is 0.689. The number of halogens is 2. The molecule has 8 heteroatoms. The lowest BCUT2D eigenvalue weighted by Crippen LogP contribution is -2.52. The molecule has 0 amide bonds. The summed E-state index contributed by atoms with van der Waals surface area (Å²) in [5.41, 5.74) is 2.09. The highest BCUT2D eigenvalue weighted by Gasteiger charge is 2.19. The van der Waals surface area contributed by atoms with E-state index in [4.69, 9.17) is 0 Å². The van der Waals surface area contributed by atoms with Gasteiger partial charge in [-0.25, -0.2) is 4.39 Å². The first-order chi connectivity index (χ1) is 11.3. The minimum atomic E-state index is -0.198. The van der Waals surface area contributed by atoms with Gasteiger partial charge in [0, 0.05) is 45.1 Å². The molecule has 1 fully saturated rings. The number of hydrogen-bond acceptors (Lipinski definition) is 3. The molecule has 3 rings (SSSR count). The number of aromatic amines is 1. The van der Waals surface area contributed by atoms with Crippen molar-refractivity contribution < 1.29 is 4.39 Å². The Morgan fingerprint density at radius 2 is 1.92 bits per heavy atom. The third kappa shape index (κ3) is 4.59. The zero-order chi connectivity index (χ0) is 16.1. The molecule has 2 aromatic rings. The fourth-order valence-electron chi connectivity index (χ4n) is 2.72. The van der Waals surface area contributed by atoms with Gasteiger partial charge in [-0.1, -0.05) is 0 Å². The van der Waals surface area contributed by atoms with Gasteiger partial charge in [0.05, 0.1) is 12.2 Å². The van der Waals surface area contributed by atoms with Gasteiger partial charge in [-0.3, -0.25) is 10.1 Å². The van der Waals surface area contributed by atoms with E-state index in [9.17, 15) is 4.39 Å². The van der Waals surface area contributed by atoms with Crippen molar-refractivity contribution in [1.29, 1.82) is 0 Å². The van der Waals surface area contributed by atoms with Crippen LogP contribution in [-0.2, 0) is 6.54 Å². The summed E-state index contributed by atoms with van der Waals surface area (Å²) in [6.07, 6.45) is 1.74. The topological polar surface area (TPSA) is 59.6 Å². The first-order valence-electron chi connectivity index (χ1n) is 7.70. The summed E-state index contributed by atoms with van der Waals surface area (Å²) in [6, 6.07) is 8.61. The Labute approximate surface area is 158 Å². The van der Waals surface area contributed by atoms with Gasteiger partial charge < -0.3 is 15.1 Å². The van der Waals surface area contributed by atoms with E-state index in [0.29, 0.717) is 6.54 Å². The molecule has 0 radical (unpaired) electrons. The SMILES string of the molecule is CN=C(NCc1ccn[nH]1)N1CCN(c2ccc(F)cc2)CC1.I. The third-order valence-electron chi connectivity index (χ3n) is 3.98. The van der Waals surface area contributed by atoms with E-state index in [1.807, 2.05) is 18.2 Å². The first kappa shape index (κ1) is 18.5. The lowest BCUT2D eigenvalue weighted by molar-refractivity contribution is 0.372. The quantitative estimate of drug-likeness (QED) is 0.433.